The summed E-state index contributed by atoms with van der Waals surface area (Å²) in [5.41, 5.74) is 1.74. The minimum Gasteiger partial charge on any atom is -0.307 e. The molecular weight excluding hydrogens is 346 g/mol. The van der Waals surface area contributed by atoms with E-state index in [0.29, 0.717) is 5.82 Å². The van der Waals surface area contributed by atoms with Gasteiger partial charge in [0.1, 0.15) is 0 Å². The smallest absolute Gasteiger partial charge is 0.255 e. The normalized spacial score (nSPS) is 12.0. The van der Waals surface area contributed by atoms with E-state index in [2.05, 4.69) is 33.6 Å². The number of amides is 1. The summed E-state index contributed by atoms with van der Waals surface area (Å²) in [6, 6.07) is 16.7. The van der Waals surface area contributed by atoms with Gasteiger partial charge >= 0.3 is 0 Å². The number of thiophene rings is 1. The number of benzene rings is 1. The Morgan fingerprint density at radius 2 is 2.04 bits per heavy atom. The number of anilines is 1. The van der Waals surface area contributed by atoms with Gasteiger partial charge in [0.15, 0.2) is 11.9 Å². The van der Waals surface area contributed by atoms with Crippen molar-refractivity contribution in [3.8, 4) is 10.6 Å². The molecule has 4 rings (SSSR count). The summed E-state index contributed by atoms with van der Waals surface area (Å²) in [4.78, 5) is 15.2. The number of rotatable bonds is 5. The molecule has 0 spiro atoms. The molecule has 130 valence electrons. The zero-order valence-corrected chi connectivity index (χ0v) is 14.9. The van der Waals surface area contributed by atoms with Crippen LogP contribution in [0.25, 0.3) is 10.6 Å². The summed E-state index contributed by atoms with van der Waals surface area (Å²) in [6.45, 7) is 2.06. The van der Waals surface area contributed by atoms with Gasteiger partial charge in [-0.15, -0.1) is 11.3 Å². The largest absolute Gasteiger partial charge is 0.307 e. The van der Waals surface area contributed by atoms with Crippen LogP contribution in [0.5, 0.6) is 0 Å². The number of hydrogen-bond donors (Lipinski definition) is 2. The molecule has 7 heteroatoms. The minimum atomic E-state index is -0.560. The molecule has 1 unspecified atom stereocenters. The van der Waals surface area contributed by atoms with Crippen molar-refractivity contribution in [2.45, 2.75) is 13.0 Å². The molecule has 0 fully saturated rings. The topological polar surface area (TPSA) is 75.6 Å². The number of carbonyl (C=O) groups is 1. The molecule has 0 aliphatic rings. The molecule has 2 N–H and O–H groups in total. The third-order valence-corrected chi connectivity index (χ3v) is 5.02. The highest BCUT2D eigenvalue weighted by Crippen LogP contribution is 2.28. The van der Waals surface area contributed by atoms with Gasteiger partial charge in [0.05, 0.1) is 10.6 Å². The van der Waals surface area contributed by atoms with Gasteiger partial charge in [0.2, 0.25) is 0 Å². The highest BCUT2D eigenvalue weighted by molar-refractivity contribution is 7.15. The molecule has 1 aromatic carbocycles. The maximum atomic E-state index is 12.9. The molecule has 0 radical (unpaired) electrons. The summed E-state index contributed by atoms with van der Waals surface area (Å²) in [7, 11) is 0. The summed E-state index contributed by atoms with van der Waals surface area (Å²) >= 11 is 1.68. The van der Waals surface area contributed by atoms with Crippen molar-refractivity contribution in [2.24, 2.45) is 0 Å². The van der Waals surface area contributed by atoms with Crippen molar-refractivity contribution in [1.82, 2.24) is 20.0 Å². The van der Waals surface area contributed by atoms with Crippen molar-refractivity contribution < 1.29 is 4.79 Å². The van der Waals surface area contributed by atoms with Crippen LogP contribution in [0.1, 0.15) is 16.5 Å². The van der Waals surface area contributed by atoms with Crippen LogP contribution >= 0.6 is 11.3 Å². The Balaban J connectivity index is 1.58. The van der Waals surface area contributed by atoms with Crippen LogP contribution < -0.4 is 5.32 Å². The number of aromatic amines is 1. The van der Waals surface area contributed by atoms with Gasteiger partial charge in [-0.25, -0.2) is 0 Å². The molecule has 3 heterocycles. The van der Waals surface area contributed by atoms with E-state index in [9.17, 15) is 4.79 Å². The summed E-state index contributed by atoms with van der Waals surface area (Å²) in [6.07, 6.45) is 3.44. The molecule has 0 bridgehead atoms. The zero-order chi connectivity index (χ0) is 17.9. The maximum absolute atomic E-state index is 12.9. The van der Waals surface area contributed by atoms with Crippen molar-refractivity contribution in [1.29, 1.82) is 0 Å². The number of aromatic nitrogens is 4. The number of aryl methyl sites for hydroxylation is 1. The molecule has 0 aliphatic carbocycles. The second kappa shape index (κ2) is 6.97. The maximum Gasteiger partial charge on any atom is 0.255 e. The van der Waals surface area contributed by atoms with Crippen molar-refractivity contribution in [2.75, 3.05) is 5.32 Å². The Hall–Kier alpha value is -3.19. The van der Waals surface area contributed by atoms with Crippen molar-refractivity contribution in [3.05, 3.63) is 77.4 Å². The van der Waals surface area contributed by atoms with Crippen molar-refractivity contribution >= 4 is 23.1 Å². The molecule has 4 aromatic rings. The molecule has 6 nitrogen and oxygen atoms in total. The van der Waals surface area contributed by atoms with E-state index in [4.69, 9.17) is 0 Å². The van der Waals surface area contributed by atoms with Gasteiger partial charge in [0.25, 0.3) is 5.91 Å². The number of H-pyrrole nitrogens is 1. The lowest BCUT2D eigenvalue weighted by molar-refractivity contribution is -0.118. The molecule has 26 heavy (non-hydrogen) atoms. The number of nitrogens with zero attached hydrogens (tertiary/aromatic N) is 3. The predicted octanol–water partition coefficient (Wildman–Crippen LogP) is 3.87. The monoisotopic (exact) mass is 363 g/mol. The first-order valence-corrected chi connectivity index (χ1v) is 8.99. The molecule has 0 aliphatic heterocycles. The first-order valence-electron chi connectivity index (χ1n) is 8.18. The highest BCUT2D eigenvalue weighted by Gasteiger charge is 2.23. The molecule has 0 saturated heterocycles. The molecule has 3 aromatic heterocycles. The van der Waals surface area contributed by atoms with Gasteiger partial charge in [-0.1, -0.05) is 30.3 Å². The number of nitrogens with one attached hydrogen (secondary N) is 2. The van der Waals surface area contributed by atoms with Crippen LogP contribution in [0, 0.1) is 6.92 Å². The average molecular weight is 363 g/mol. The van der Waals surface area contributed by atoms with Crippen LogP contribution in [0.3, 0.4) is 0 Å². The minimum absolute atomic E-state index is 0.194. The zero-order valence-electron chi connectivity index (χ0n) is 14.1. The fourth-order valence-corrected chi connectivity index (χ4v) is 3.61. The molecule has 0 saturated carbocycles. The lowest BCUT2D eigenvalue weighted by atomic mass is 10.1. The van der Waals surface area contributed by atoms with Gasteiger partial charge in [-0.3, -0.25) is 14.6 Å². The SMILES string of the molecule is Cc1ccc(-c2cc(NC(=O)C(c3ccccc3)n3cccn3)n[nH]2)s1. The Bertz CT molecular complexity index is 1000. The summed E-state index contributed by atoms with van der Waals surface area (Å²) < 4.78 is 1.64. The summed E-state index contributed by atoms with van der Waals surface area (Å²) in [5, 5.41) is 14.3. The third-order valence-electron chi connectivity index (χ3n) is 3.99. The molecule has 1 amide bonds. The van der Waals surface area contributed by atoms with E-state index in [-0.39, 0.29) is 5.91 Å². The second-order valence-electron chi connectivity index (χ2n) is 5.87. The average Bonchev–Trinajstić information content (AvgIpc) is 3.38. The van der Waals surface area contributed by atoms with Gasteiger partial charge in [-0.2, -0.15) is 10.2 Å². The lowest BCUT2D eigenvalue weighted by Crippen LogP contribution is -2.27. The van der Waals surface area contributed by atoms with E-state index >= 15 is 0 Å². The summed E-state index contributed by atoms with van der Waals surface area (Å²) in [5.74, 6) is 0.296. The van der Waals surface area contributed by atoms with E-state index in [1.54, 1.807) is 34.5 Å². The third kappa shape index (κ3) is 3.29. The van der Waals surface area contributed by atoms with E-state index in [0.717, 1.165) is 16.1 Å². The van der Waals surface area contributed by atoms with Crippen LogP contribution in [0.2, 0.25) is 0 Å². The first-order chi connectivity index (χ1) is 12.7. The van der Waals surface area contributed by atoms with Crippen LogP contribution in [-0.2, 0) is 4.79 Å². The number of carbonyl (C=O) groups excluding carboxylic acids is 1. The second-order valence-corrected chi connectivity index (χ2v) is 7.15. The lowest BCUT2D eigenvalue weighted by Gasteiger charge is -2.17. The fraction of sp³-hybridized carbons (Fsp3) is 0.105. The Kier molecular flexibility index (Phi) is 4.37. The molecular formula is C19H17N5OS. The van der Waals surface area contributed by atoms with Crippen LogP contribution in [0.4, 0.5) is 5.82 Å². The van der Waals surface area contributed by atoms with Crippen LogP contribution in [0.15, 0.2) is 67.0 Å². The first kappa shape index (κ1) is 16.3. The van der Waals surface area contributed by atoms with Crippen LogP contribution in [-0.4, -0.2) is 25.9 Å². The van der Waals surface area contributed by atoms with E-state index < -0.39 is 6.04 Å². The predicted molar refractivity (Wildman–Crippen MR) is 102 cm³/mol. The Labute approximate surface area is 154 Å². The van der Waals surface area contributed by atoms with Gasteiger partial charge in [0, 0.05) is 23.3 Å². The highest BCUT2D eigenvalue weighted by atomic mass is 32.1. The number of hydrogen-bond acceptors (Lipinski definition) is 4. The van der Waals surface area contributed by atoms with Crippen molar-refractivity contribution in [3.63, 3.8) is 0 Å². The fourth-order valence-electron chi connectivity index (χ4n) is 2.78. The standard InChI is InChI=1S/C19H17N5OS/c1-13-8-9-16(26-13)15-12-17(23-22-15)21-19(25)18(24-11-5-10-20-24)14-6-3-2-4-7-14/h2-12,18H,1H3,(H2,21,22,23,25). The van der Waals surface area contributed by atoms with Gasteiger partial charge in [-0.05, 0) is 30.7 Å². The Morgan fingerprint density at radius 1 is 1.19 bits per heavy atom. The Morgan fingerprint density at radius 3 is 2.73 bits per heavy atom. The quantitative estimate of drug-likeness (QED) is 0.565. The molecule has 1 atom stereocenters. The van der Waals surface area contributed by atoms with E-state index in [1.807, 2.05) is 42.5 Å². The van der Waals surface area contributed by atoms with Gasteiger partial charge < -0.3 is 5.32 Å². The van der Waals surface area contributed by atoms with E-state index in [1.165, 1.54) is 4.88 Å².